The van der Waals surface area contributed by atoms with Crippen molar-refractivity contribution < 1.29 is 0 Å². The molecule has 0 fully saturated rings. The minimum Gasteiger partial charge on any atom is -0.375 e. The van der Waals surface area contributed by atoms with Crippen LogP contribution in [-0.4, -0.2) is 9.78 Å². The van der Waals surface area contributed by atoms with E-state index in [2.05, 4.69) is 54.6 Å². The summed E-state index contributed by atoms with van der Waals surface area (Å²) in [7, 11) is 0. The molecule has 2 heterocycles. The number of anilines is 1. The zero-order valence-electron chi connectivity index (χ0n) is 11.1. The molecular formula is C15H17N3S. The third kappa shape index (κ3) is 2.49. The summed E-state index contributed by atoms with van der Waals surface area (Å²) in [6.07, 6.45) is 3.93. The van der Waals surface area contributed by atoms with Crippen molar-refractivity contribution in [1.29, 1.82) is 0 Å². The number of aromatic nitrogens is 2. The average Bonchev–Trinajstić information content (AvgIpc) is 3.04. The predicted molar refractivity (Wildman–Crippen MR) is 81.8 cm³/mol. The lowest BCUT2D eigenvalue weighted by Gasteiger charge is -2.11. The number of benzene rings is 1. The van der Waals surface area contributed by atoms with Gasteiger partial charge in [-0.05, 0) is 31.4 Å². The Morgan fingerprint density at radius 1 is 1.37 bits per heavy atom. The zero-order chi connectivity index (χ0) is 13.2. The smallest absolute Gasteiger partial charge is 0.0731 e. The maximum Gasteiger partial charge on any atom is 0.0731 e. The van der Waals surface area contributed by atoms with E-state index in [1.807, 2.05) is 28.4 Å². The van der Waals surface area contributed by atoms with Gasteiger partial charge in [-0.2, -0.15) is 5.10 Å². The highest BCUT2D eigenvalue weighted by atomic mass is 32.1. The van der Waals surface area contributed by atoms with Crippen LogP contribution < -0.4 is 5.32 Å². The van der Waals surface area contributed by atoms with E-state index in [-0.39, 0.29) is 0 Å². The second kappa shape index (κ2) is 5.05. The van der Waals surface area contributed by atoms with E-state index in [9.17, 15) is 0 Å². The summed E-state index contributed by atoms with van der Waals surface area (Å²) in [6, 6.07) is 11.1. The van der Waals surface area contributed by atoms with Crippen molar-refractivity contribution in [1.82, 2.24) is 9.78 Å². The Hall–Kier alpha value is -1.81. The number of nitrogens with zero attached hydrogens (tertiary/aromatic N) is 2. The fourth-order valence-electron chi connectivity index (χ4n) is 2.15. The lowest BCUT2D eigenvalue weighted by Crippen LogP contribution is -2.03. The fraction of sp³-hybridized carbons (Fsp3) is 0.267. The van der Waals surface area contributed by atoms with Gasteiger partial charge in [0.2, 0.25) is 0 Å². The molecule has 0 spiro atoms. The van der Waals surface area contributed by atoms with E-state index in [1.54, 1.807) is 0 Å². The Morgan fingerprint density at radius 2 is 2.21 bits per heavy atom. The molecule has 2 aromatic heterocycles. The van der Waals surface area contributed by atoms with E-state index in [1.165, 1.54) is 15.0 Å². The molecule has 3 aromatic rings. The van der Waals surface area contributed by atoms with Crippen LogP contribution in [0.4, 0.5) is 5.69 Å². The molecule has 0 saturated heterocycles. The molecule has 1 atom stereocenters. The van der Waals surface area contributed by atoms with E-state index in [0.717, 1.165) is 12.2 Å². The van der Waals surface area contributed by atoms with Gasteiger partial charge in [0.05, 0.1) is 17.9 Å². The maximum absolute atomic E-state index is 4.28. The quantitative estimate of drug-likeness (QED) is 0.767. The standard InChI is InChI=1S/C15H17N3S/c1-3-18-10-13(9-16-18)17-11(2)15-8-12-6-4-5-7-14(12)19-15/h4-11,17H,3H2,1-2H3. The second-order valence-corrected chi connectivity index (χ2v) is 5.75. The van der Waals surface area contributed by atoms with Gasteiger partial charge in [-0.25, -0.2) is 0 Å². The number of fused-ring (bicyclic) bond motifs is 1. The molecule has 1 N–H and O–H groups in total. The normalized spacial score (nSPS) is 12.7. The minimum absolute atomic E-state index is 0.298. The third-order valence-corrected chi connectivity index (χ3v) is 4.51. The molecule has 3 nitrogen and oxygen atoms in total. The lowest BCUT2D eigenvalue weighted by atomic mass is 10.2. The van der Waals surface area contributed by atoms with Gasteiger partial charge in [-0.3, -0.25) is 4.68 Å². The van der Waals surface area contributed by atoms with E-state index < -0.39 is 0 Å². The molecule has 19 heavy (non-hydrogen) atoms. The summed E-state index contributed by atoms with van der Waals surface area (Å²) >= 11 is 1.85. The molecule has 1 unspecified atom stereocenters. The summed E-state index contributed by atoms with van der Waals surface area (Å²) in [5.74, 6) is 0. The van der Waals surface area contributed by atoms with Gasteiger partial charge in [0.25, 0.3) is 0 Å². The largest absolute Gasteiger partial charge is 0.375 e. The van der Waals surface area contributed by atoms with Crippen molar-refractivity contribution >= 4 is 27.1 Å². The highest BCUT2D eigenvalue weighted by molar-refractivity contribution is 7.19. The summed E-state index contributed by atoms with van der Waals surface area (Å²) in [6.45, 7) is 5.18. The first-order chi connectivity index (χ1) is 9.26. The Kier molecular flexibility index (Phi) is 3.25. The van der Waals surface area contributed by atoms with Crippen molar-refractivity contribution in [3.05, 3.63) is 47.6 Å². The van der Waals surface area contributed by atoms with Crippen LogP contribution in [0.2, 0.25) is 0 Å². The average molecular weight is 271 g/mol. The molecule has 1 aromatic carbocycles. The Balaban J connectivity index is 1.81. The van der Waals surface area contributed by atoms with Crippen molar-refractivity contribution in [2.24, 2.45) is 0 Å². The molecule has 3 rings (SSSR count). The Morgan fingerprint density at radius 3 is 2.95 bits per heavy atom. The highest BCUT2D eigenvalue weighted by Crippen LogP contribution is 2.31. The number of rotatable bonds is 4. The predicted octanol–water partition coefficient (Wildman–Crippen LogP) is 4.29. The van der Waals surface area contributed by atoms with Crippen LogP contribution in [0.15, 0.2) is 42.7 Å². The molecule has 0 aliphatic heterocycles. The molecular weight excluding hydrogens is 254 g/mol. The van der Waals surface area contributed by atoms with Crippen molar-refractivity contribution in [3.8, 4) is 0 Å². The SMILES string of the molecule is CCn1cc(NC(C)c2cc3ccccc3s2)cn1. The number of aryl methyl sites for hydroxylation is 1. The lowest BCUT2D eigenvalue weighted by molar-refractivity contribution is 0.660. The molecule has 0 aliphatic carbocycles. The molecule has 0 bridgehead atoms. The van der Waals surface area contributed by atoms with Crippen LogP contribution in [0, 0.1) is 0 Å². The molecule has 4 heteroatoms. The van der Waals surface area contributed by atoms with Crippen molar-refractivity contribution in [3.63, 3.8) is 0 Å². The number of hydrogen-bond donors (Lipinski definition) is 1. The van der Waals surface area contributed by atoms with Gasteiger partial charge in [0.1, 0.15) is 0 Å². The summed E-state index contributed by atoms with van der Waals surface area (Å²) in [4.78, 5) is 1.35. The highest BCUT2D eigenvalue weighted by Gasteiger charge is 2.10. The summed E-state index contributed by atoms with van der Waals surface area (Å²) < 4.78 is 3.27. The molecule has 98 valence electrons. The first-order valence-electron chi connectivity index (χ1n) is 6.53. The molecule has 0 aliphatic rings. The minimum atomic E-state index is 0.298. The van der Waals surface area contributed by atoms with Gasteiger partial charge in [0, 0.05) is 22.3 Å². The van der Waals surface area contributed by atoms with Crippen LogP contribution in [-0.2, 0) is 6.54 Å². The zero-order valence-corrected chi connectivity index (χ0v) is 11.9. The van der Waals surface area contributed by atoms with Crippen LogP contribution in [0.5, 0.6) is 0 Å². The Labute approximate surface area is 116 Å². The van der Waals surface area contributed by atoms with E-state index in [4.69, 9.17) is 0 Å². The van der Waals surface area contributed by atoms with E-state index >= 15 is 0 Å². The topological polar surface area (TPSA) is 29.9 Å². The summed E-state index contributed by atoms with van der Waals surface area (Å²) in [5.41, 5.74) is 1.08. The number of hydrogen-bond acceptors (Lipinski definition) is 3. The fourth-order valence-corrected chi connectivity index (χ4v) is 3.21. The molecule has 0 amide bonds. The van der Waals surface area contributed by atoms with E-state index in [0.29, 0.717) is 6.04 Å². The van der Waals surface area contributed by atoms with Gasteiger partial charge < -0.3 is 5.32 Å². The van der Waals surface area contributed by atoms with Gasteiger partial charge in [-0.15, -0.1) is 11.3 Å². The maximum atomic E-state index is 4.28. The van der Waals surface area contributed by atoms with Gasteiger partial charge >= 0.3 is 0 Å². The van der Waals surface area contributed by atoms with Crippen LogP contribution in [0.1, 0.15) is 24.8 Å². The first-order valence-corrected chi connectivity index (χ1v) is 7.35. The number of nitrogens with one attached hydrogen (secondary N) is 1. The second-order valence-electron chi connectivity index (χ2n) is 4.64. The monoisotopic (exact) mass is 271 g/mol. The summed E-state index contributed by atoms with van der Waals surface area (Å²) in [5, 5.41) is 9.10. The Bertz CT molecular complexity index is 650. The van der Waals surface area contributed by atoms with Crippen molar-refractivity contribution in [2.75, 3.05) is 5.32 Å². The molecule has 0 saturated carbocycles. The van der Waals surface area contributed by atoms with Crippen LogP contribution in [0.3, 0.4) is 0 Å². The van der Waals surface area contributed by atoms with Crippen LogP contribution >= 0.6 is 11.3 Å². The first kappa shape index (κ1) is 12.2. The number of thiophene rings is 1. The van der Waals surface area contributed by atoms with Crippen LogP contribution in [0.25, 0.3) is 10.1 Å². The van der Waals surface area contributed by atoms with Gasteiger partial charge in [0.15, 0.2) is 0 Å². The van der Waals surface area contributed by atoms with Gasteiger partial charge in [-0.1, -0.05) is 18.2 Å². The third-order valence-electron chi connectivity index (χ3n) is 3.21. The van der Waals surface area contributed by atoms with Crippen molar-refractivity contribution in [2.45, 2.75) is 26.4 Å². The molecule has 0 radical (unpaired) electrons.